The molecule has 1 amide bonds. The number of anilines is 1. The zero-order chi connectivity index (χ0) is 23.7. The molecule has 3 heterocycles. The van der Waals surface area contributed by atoms with Crippen LogP contribution in [0.2, 0.25) is 0 Å². The van der Waals surface area contributed by atoms with Gasteiger partial charge in [0.1, 0.15) is 5.82 Å². The molecule has 7 heteroatoms. The lowest BCUT2D eigenvalue weighted by Crippen LogP contribution is -2.48. The molecule has 0 radical (unpaired) electrons. The third kappa shape index (κ3) is 4.38. The SMILES string of the molecule is Cc1nc2cc(-c3ccccc3)nn2c(C)c1CCC(=O)N1CCN(c2ccc(F)cc2)CC1. The number of carbonyl (C=O) groups excluding carboxylic acids is 1. The lowest BCUT2D eigenvalue weighted by Gasteiger charge is -2.36. The Kier molecular flexibility index (Phi) is 6.01. The summed E-state index contributed by atoms with van der Waals surface area (Å²) in [5.74, 6) is -0.0784. The third-order valence-electron chi connectivity index (χ3n) is 6.65. The van der Waals surface area contributed by atoms with Crippen LogP contribution in [0.5, 0.6) is 0 Å². The van der Waals surface area contributed by atoms with Gasteiger partial charge in [0.05, 0.1) is 5.69 Å². The summed E-state index contributed by atoms with van der Waals surface area (Å²) in [6, 6.07) is 18.6. The Morgan fingerprint density at radius 2 is 1.68 bits per heavy atom. The standard InChI is InChI=1S/C27H28FN5O/c1-19-24(20(2)33-26(29-19)18-25(30-33)21-6-4-3-5-7-21)12-13-27(34)32-16-14-31(15-17-32)23-10-8-22(28)9-11-23/h3-11,18H,12-17H2,1-2H3. The fourth-order valence-electron chi connectivity index (χ4n) is 4.69. The molecule has 4 aromatic rings. The smallest absolute Gasteiger partial charge is 0.223 e. The molecular weight excluding hydrogens is 429 g/mol. The van der Waals surface area contributed by atoms with E-state index in [-0.39, 0.29) is 11.7 Å². The Bertz CT molecular complexity index is 1310. The molecule has 5 rings (SSSR count). The third-order valence-corrected chi connectivity index (χ3v) is 6.65. The quantitative estimate of drug-likeness (QED) is 0.445. The average molecular weight is 458 g/mol. The lowest BCUT2D eigenvalue weighted by atomic mass is 10.1. The van der Waals surface area contributed by atoms with Crippen molar-refractivity contribution in [2.45, 2.75) is 26.7 Å². The molecule has 2 aromatic heterocycles. The van der Waals surface area contributed by atoms with Gasteiger partial charge in [-0.3, -0.25) is 4.79 Å². The summed E-state index contributed by atoms with van der Waals surface area (Å²) in [6.07, 6.45) is 1.08. The van der Waals surface area contributed by atoms with Crippen LogP contribution in [0.25, 0.3) is 16.9 Å². The summed E-state index contributed by atoms with van der Waals surface area (Å²) >= 11 is 0. The first-order valence-electron chi connectivity index (χ1n) is 11.7. The molecule has 0 atom stereocenters. The first-order valence-corrected chi connectivity index (χ1v) is 11.7. The van der Waals surface area contributed by atoms with E-state index >= 15 is 0 Å². The highest BCUT2D eigenvalue weighted by Gasteiger charge is 2.22. The van der Waals surface area contributed by atoms with Crippen molar-refractivity contribution in [3.63, 3.8) is 0 Å². The Hall–Kier alpha value is -3.74. The van der Waals surface area contributed by atoms with Crippen molar-refractivity contribution >= 4 is 17.2 Å². The summed E-state index contributed by atoms with van der Waals surface area (Å²) in [5.41, 5.74) is 6.81. The van der Waals surface area contributed by atoms with Crippen molar-refractivity contribution in [2.24, 2.45) is 0 Å². The van der Waals surface area contributed by atoms with Gasteiger partial charge in [0.25, 0.3) is 0 Å². The van der Waals surface area contributed by atoms with Crippen LogP contribution in [0.15, 0.2) is 60.7 Å². The molecule has 1 aliphatic heterocycles. The molecule has 0 N–H and O–H groups in total. The second-order valence-electron chi connectivity index (χ2n) is 8.77. The normalized spacial score (nSPS) is 14.1. The number of halogens is 1. The number of carbonyl (C=O) groups is 1. The van der Waals surface area contributed by atoms with Crippen LogP contribution in [0.3, 0.4) is 0 Å². The minimum absolute atomic E-state index is 0.156. The van der Waals surface area contributed by atoms with Crippen molar-refractivity contribution in [3.05, 3.63) is 83.4 Å². The van der Waals surface area contributed by atoms with E-state index in [9.17, 15) is 9.18 Å². The number of hydrogen-bond donors (Lipinski definition) is 0. The topological polar surface area (TPSA) is 53.7 Å². The number of nitrogens with zero attached hydrogens (tertiary/aromatic N) is 5. The highest BCUT2D eigenvalue weighted by atomic mass is 19.1. The minimum Gasteiger partial charge on any atom is -0.368 e. The van der Waals surface area contributed by atoms with Gasteiger partial charge in [0.2, 0.25) is 5.91 Å². The van der Waals surface area contributed by atoms with Crippen molar-refractivity contribution in [3.8, 4) is 11.3 Å². The molecule has 174 valence electrons. The number of hydrogen-bond acceptors (Lipinski definition) is 4. The molecule has 2 aromatic carbocycles. The number of benzene rings is 2. The highest BCUT2D eigenvalue weighted by Crippen LogP contribution is 2.23. The molecule has 6 nitrogen and oxygen atoms in total. The first-order chi connectivity index (χ1) is 16.5. The second-order valence-corrected chi connectivity index (χ2v) is 8.77. The van der Waals surface area contributed by atoms with Crippen molar-refractivity contribution in [1.29, 1.82) is 0 Å². The largest absolute Gasteiger partial charge is 0.368 e. The monoisotopic (exact) mass is 457 g/mol. The van der Waals surface area contributed by atoms with Crippen LogP contribution < -0.4 is 4.90 Å². The number of rotatable bonds is 5. The van der Waals surface area contributed by atoms with Crippen LogP contribution in [-0.2, 0) is 11.2 Å². The van der Waals surface area contributed by atoms with Gasteiger partial charge in [0, 0.05) is 61.3 Å². The van der Waals surface area contributed by atoms with Gasteiger partial charge in [-0.05, 0) is 50.1 Å². The molecule has 0 aliphatic carbocycles. The van der Waals surface area contributed by atoms with Crippen LogP contribution in [-0.4, -0.2) is 51.6 Å². The van der Waals surface area contributed by atoms with E-state index in [0.717, 1.165) is 52.6 Å². The van der Waals surface area contributed by atoms with Crippen molar-refractivity contribution in [1.82, 2.24) is 19.5 Å². The lowest BCUT2D eigenvalue weighted by molar-refractivity contribution is -0.131. The zero-order valence-electron chi connectivity index (χ0n) is 19.5. The molecule has 1 aliphatic rings. The van der Waals surface area contributed by atoms with Gasteiger partial charge in [-0.2, -0.15) is 5.10 Å². The van der Waals surface area contributed by atoms with E-state index in [1.807, 2.05) is 59.7 Å². The molecule has 0 bridgehead atoms. The Morgan fingerprint density at radius 3 is 2.38 bits per heavy atom. The molecule has 0 spiro atoms. The number of piperazine rings is 1. The summed E-state index contributed by atoms with van der Waals surface area (Å²) in [6.45, 7) is 6.89. The van der Waals surface area contributed by atoms with E-state index in [4.69, 9.17) is 10.1 Å². The predicted molar refractivity (Wildman–Crippen MR) is 131 cm³/mol. The van der Waals surface area contributed by atoms with Crippen LogP contribution in [0.1, 0.15) is 23.4 Å². The Morgan fingerprint density at radius 1 is 0.971 bits per heavy atom. The Labute approximate surface area is 198 Å². The fraction of sp³-hybridized carbons (Fsp3) is 0.296. The van der Waals surface area contributed by atoms with E-state index < -0.39 is 0 Å². The van der Waals surface area contributed by atoms with E-state index in [2.05, 4.69) is 4.90 Å². The molecule has 1 fully saturated rings. The van der Waals surface area contributed by atoms with Gasteiger partial charge in [-0.15, -0.1) is 0 Å². The van der Waals surface area contributed by atoms with Gasteiger partial charge in [-0.25, -0.2) is 13.9 Å². The summed E-state index contributed by atoms with van der Waals surface area (Å²) in [5, 5.41) is 4.77. The molecule has 1 saturated heterocycles. The molecule has 0 saturated carbocycles. The van der Waals surface area contributed by atoms with E-state index in [1.165, 1.54) is 12.1 Å². The highest BCUT2D eigenvalue weighted by molar-refractivity contribution is 5.77. The maximum absolute atomic E-state index is 13.2. The van der Waals surface area contributed by atoms with E-state index in [0.29, 0.717) is 25.9 Å². The second kappa shape index (κ2) is 9.25. The summed E-state index contributed by atoms with van der Waals surface area (Å²) < 4.78 is 15.1. The van der Waals surface area contributed by atoms with Gasteiger partial charge in [-0.1, -0.05) is 30.3 Å². The van der Waals surface area contributed by atoms with Crippen molar-refractivity contribution in [2.75, 3.05) is 31.1 Å². The summed E-state index contributed by atoms with van der Waals surface area (Å²) in [7, 11) is 0. The molecule has 0 unspecified atom stereocenters. The number of aromatic nitrogens is 3. The maximum atomic E-state index is 13.2. The number of fused-ring (bicyclic) bond motifs is 1. The molecule has 34 heavy (non-hydrogen) atoms. The maximum Gasteiger partial charge on any atom is 0.223 e. The van der Waals surface area contributed by atoms with Gasteiger partial charge < -0.3 is 9.80 Å². The van der Waals surface area contributed by atoms with Gasteiger partial charge in [0.15, 0.2) is 5.65 Å². The van der Waals surface area contributed by atoms with Crippen LogP contribution >= 0.6 is 0 Å². The molecular formula is C27H28FN5O. The van der Waals surface area contributed by atoms with Crippen LogP contribution in [0.4, 0.5) is 10.1 Å². The predicted octanol–water partition coefficient (Wildman–Crippen LogP) is 4.43. The van der Waals surface area contributed by atoms with Crippen LogP contribution in [0, 0.1) is 19.7 Å². The fourth-order valence-corrected chi connectivity index (χ4v) is 4.69. The number of aryl methyl sites for hydroxylation is 2. The Balaban J connectivity index is 1.25. The van der Waals surface area contributed by atoms with Crippen molar-refractivity contribution < 1.29 is 9.18 Å². The zero-order valence-corrected chi connectivity index (χ0v) is 19.5. The first kappa shape index (κ1) is 22.1. The minimum atomic E-state index is -0.234. The average Bonchev–Trinajstić information content (AvgIpc) is 3.29. The number of amides is 1. The summed E-state index contributed by atoms with van der Waals surface area (Å²) in [4.78, 5) is 21.8. The van der Waals surface area contributed by atoms with Gasteiger partial charge >= 0.3 is 0 Å². The van der Waals surface area contributed by atoms with E-state index in [1.54, 1.807) is 12.1 Å².